The van der Waals surface area contributed by atoms with E-state index in [4.69, 9.17) is 10.9 Å². The first-order valence-electron chi connectivity index (χ1n) is 6.41. The Morgan fingerprint density at radius 1 is 1.53 bits per heavy atom. The van der Waals surface area contributed by atoms with E-state index in [0.29, 0.717) is 17.9 Å². The molecule has 0 amide bonds. The van der Waals surface area contributed by atoms with Crippen LogP contribution in [0.25, 0.3) is 0 Å². The summed E-state index contributed by atoms with van der Waals surface area (Å²) in [5.74, 6) is 0.751. The second kappa shape index (κ2) is 5.44. The maximum atomic E-state index is 10.4. The first kappa shape index (κ1) is 13.6. The fourth-order valence-corrected chi connectivity index (χ4v) is 2.56. The highest BCUT2D eigenvalue weighted by molar-refractivity contribution is 5.97. The fraction of sp³-hybridized carbons (Fsp3) is 0.538. The van der Waals surface area contributed by atoms with Crippen molar-refractivity contribution in [2.24, 2.45) is 10.9 Å². The summed E-state index contributed by atoms with van der Waals surface area (Å²) in [6.45, 7) is 0.541. The van der Waals surface area contributed by atoms with Gasteiger partial charge in [0.2, 0.25) is 0 Å². The zero-order valence-electron chi connectivity index (χ0n) is 11.1. The van der Waals surface area contributed by atoms with Crippen LogP contribution in [0.4, 0.5) is 5.82 Å². The van der Waals surface area contributed by atoms with Crippen molar-refractivity contribution in [1.29, 1.82) is 0 Å². The molecule has 0 aliphatic heterocycles. The van der Waals surface area contributed by atoms with E-state index in [9.17, 15) is 5.11 Å². The van der Waals surface area contributed by atoms with Crippen LogP contribution in [-0.2, 0) is 0 Å². The summed E-state index contributed by atoms with van der Waals surface area (Å²) < 4.78 is 0. The third kappa shape index (κ3) is 3.14. The summed E-state index contributed by atoms with van der Waals surface area (Å²) in [6.07, 6.45) is 5.41. The highest BCUT2D eigenvalue weighted by Gasteiger charge is 2.32. The predicted molar refractivity (Wildman–Crippen MR) is 73.4 cm³/mol. The van der Waals surface area contributed by atoms with Gasteiger partial charge >= 0.3 is 0 Å². The highest BCUT2D eigenvalue weighted by atomic mass is 16.4. The van der Waals surface area contributed by atoms with Crippen molar-refractivity contribution in [1.82, 2.24) is 4.98 Å². The number of rotatable bonds is 4. The van der Waals surface area contributed by atoms with Crippen molar-refractivity contribution < 1.29 is 10.3 Å². The average molecular weight is 264 g/mol. The molecule has 0 saturated heterocycles. The molecule has 0 aromatic carbocycles. The fourth-order valence-electron chi connectivity index (χ4n) is 2.56. The molecule has 1 aromatic heterocycles. The maximum Gasteiger partial charge on any atom is 0.170 e. The number of nitrogens with zero attached hydrogens (tertiary/aromatic N) is 3. The number of oxime groups is 1. The normalized spacial score (nSPS) is 18.5. The van der Waals surface area contributed by atoms with Crippen molar-refractivity contribution in [2.75, 3.05) is 18.5 Å². The number of anilines is 1. The summed E-state index contributed by atoms with van der Waals surface area (Å²) in [5, 5.41) is 22.0. The standard InChI is InChI=1S/C13H20N4O2/c1-17(9-13(18)5-2-3-6-13)11-8-10(4-7-15-11)12(14)16-19/h4,7-8,18-19H,2-3,5-6,9H2,1H3,(H2,14,16). The van der Waals surface area contributed by atoms with Gasteiger partial charge in [-0.3, -0.25) is 0 Å². The Labute approximate surface area is 112 Å². The lowest BCUT2D eigenvalue weighted by molar-refractivity contribution is 0.0558. The monoisotopic (exact) mass is 264 g/mol. The minimum atomic E-state index is -0.622. The number of likely N-dealkylation sites (N-methyl/N-ethyl adjacent to an activating group) is 1. The lowest BCUT2D eigenvalue weighted by Crippen LogP contribution is -2.39. The number of aromatic nitrogens is 1. The summed E-state index contributed by atoms with van der Waals surface area (Å²) in [5.41, 5.74) is 5.54. The molecule has 0 bridgehead atoms. The summed E-state index contributed by atoms with van der Waals surface area (Å²) in [4.78, 5) is 6.15. The van der Waals surface area contributed by atoms with Crippen LogP contribution in [0.5, 0.6) is 0 Å². The minimum absolute atomic E-state index is 0.0524. The number of pyridine rings is 1. The molecule has 1 fully saturated rings. The lowest BCUT2D eigenvalue weighted by Gasteiger charge is -2.29. The van der Waals surface area contributed by atoms with E-state index < -0.39 is 5.60 Å². The molecule has 0 unspecified atom stereocenters. The van der Waals surface area contributed by atoms with Gasteiger partial charge < -0.3 is 20.9 Å². The van der Waals surface area contributed by atoms with Crippen LogP contribution in [0, 0.1) is 0 Å². The van der Waals surface area contributed by atoms with Crippen LogP contribution in [0.3, 0.4) is 0 Å². The quantitative estimate of drug-likeness (QED) is 0.325. The van der Waals surface area contributed by atoms with Gasteiger partial charge in [-0.2, -0.15) is 0 Å². The summed E-state index contributed by atoms with van der Waals surface area (Å²) >= 11 is 0. The SMILES string of the molecule is CN(CC1(O)CCCC1)c1cc(/C(N)=N/O)ccn1. The van der Waals surface area contributed by atoms with Crippen LogP contribution in [-0.4, -0.2) is 40.3 Å². The Morgan fingerprint density at radius 3 is 2.84 bits per heavy atom. The minimum Gasteiger partial charge on any atom is -0.409 e. The molecule has 6 nitrogen and oxygen atoms in total. The lowest BCUT2D eigenvalue weighted by atomic mass is 10.0. The molecule has 0 spiro atoms. The Balaban J connectivity index is 2.12. The first-order chi connectivity index (χ1) is 9.04. The molecule has 0 atom stereocenters. The Morgan fingerprint density at radius 2 is 2.21 bits per heavy atom. The molecule has 2 rings (SSSR count). The van der Waals surface area contributed by atoms with Gasteiger partial charge in [0.05, 0.1) is 5.60 Å². The molecule has 1 saturated carbocycles. The van der Waals surface area contributed by atoms with Gasteiger partial charge in [0.15, 0.2) is 5.84 Å². The van der Waals surface area contributed by atoms with Crippen LogP contribution < -0.4 is 10.6 Å². The third-order valence-electron chi connectivity index (χ3n) is 3.61. The third-order valence-corrected chi connectivity index (χ3v) is 3.61. The van der Waals surface area contributed by atoms with Crippen LogP contribution in [0.2, 0.25) is 0 Å². The summed E-state index contributed by atoms with van der Waals surface area (Å²) in [7, 11) is 1.88. The molecule has 1 aromatic rings. The van der Waals surface area contributed by atoms with E-state index >= 15 is 0 Å². The van der Waals surface area contributed by atoms with E-state index in [2.05, 4.69) is 10.1 Å². The maximum absolute atomic E-state index is 10.4. The smallest absolute Gasteiger partial charge is 0.170 e. The zero-order valence-corrected chi connectivity index (χ0v) is 11.1. The Hall–Kier alpha value is -1.82. The van der Waals surface area contributed by atoms with Crippen LogP contribution in [0.1, 0.15) is 31.2 Å². The first-order valence-corrected chi connectivity index (χ1v) is 6.41. The van der Waals surface area contributed by atoms with Gasteiger partial charge in [-0.15, -0.1) is 0 Å². The summed E-state index contributed by atoms with van der Waals surface area (Å²) in [6, 6.07) is 3.42. The second-order valence-electron chi connectivity index (χ2n) is 5.18. The van der Waals surface area contributed by atoms with Crippen LogP contribution in [0.15, 0.2) is 23.5 Å². The number of amidine groups is 1. The van der Waals surface area contributed by atoms with Crippen LogP contribution >= 0.6 is 0 Å². The van der Waals surface area contributed by atoms with E-state index in [0.717, 1.165) is 25.7 Å². The second-order valence-corrected chi connectivity index (χ2v) is 5.18. The van der Waals surface area contributed by atoms with Gasteiger partial charge in [-0.1, -0.05) is 18.0 Å². The van der Waals surface area contributed by atoms with Gasteiger partial charge in [0, 0.05) is 25.4 Å². The Kier molecular flexibility index (Phi) is 3.90. The molecule has 4 N–H and O–H groups in total. The Bertz CT molecular complexity index is 469. The number of nitrogens with two attached hydrogens (primary N) is 1. The number of aliphatic hydroxyl groups is 1. The molecular weight excluding hydrogens is 244 g/mol. The van der Waals surface area contributed by atoms with Crippen molar-refractivity contribution >= 4 is 11.7 Å². The van der Waals surface area contributed by atoms with Crippen molar-refractivity contribution in [3.05, 3.63) is 23.9 Å². The molecule has 1 heterocycles. The molecular formula is C13H20N4O2. The van der Waals surface area contributed by atoms with Gasteiger partial charge in [-0.25, -0.2) is 4.98 Å². The molecule has 104 valence electrons. The molecule has 1 aliphatic rings. The van der Waals surface area contributed by atoms with Crippen molar-refractivity contribution in [2.45, 2.75) is 31.3 Å². The van der Waals surface area contributed by atoms with Crippen molar-refractivity contribution in [3.8, 4) is 0 Å². The molecule has 19 heavy (non-hydrogen) atoms. The predicted octanol–water partition coefficient (Wildman–Crippen LogP) is 0.917. The zero-order chi connectivity index (χ0) is 13.9. The van der Waals surface area contributed by atoms with Gasteiger partial charge in [0.25, 0.3) is 0 Å². The van der Waals surface area contributed by atoms with Gasteiger partial charge in [0.1, 0.15) is 5.82 Å². The average Bonchev–Trinajstić information content (AvgIpc) is 2.84. The largest absolute Gasteiger partial charge is 0.409 e. The number of hydrogen-bond donors (Lipinski definition) is 3. The number of hydrogen-bond acceptors (Lipinski definition) is 5. The highest BCUT2D eigenvalue weighted by Crippen LogP contribution is 2.30. The molecule has 6 heteroatoms. The molecule has 1 aliphatic carbocycles. The van der Waals surface area contributed by atoms with E-state index in [1.165, 1.54) is 0 Å². The molecule has 0 radical (unpaired) electrons. The van der Waals surface area contributed by atoms with E-state index in [-0.39, 0.29) is 5.84 Å². The topological polar surface area (TPSA) is 95.0 Å². The van der Waals surface area contributed by atoms with E-state index in [1.807, 2.05) is 11.9 Å². The van der Waals surface area contributed by atoms with Gasteiger partial charge in [-0.05, 0) is 25.0 Å². The van der Waals surface area contributed by atoms with Crippen molar-refractivity contribution in [3.63, 3.8) is 0 Å². The van der Waals surface area contributed by atoms with E-state index in [1.54, 1.807) is 18.3 Å².